The molecule has 1 aliphatic rings. The number of piperidine rings is 1. The van der Waals surface area contributed by atoms with Crippen LogP contribution in [-0.4, -0.2) is 42.4 Å². The fraction of sp³-hybridized carbons (Fsp3) is 0.600. The number of hydrogen-bond donors (Lipinski definition) is 2. The summed E-state index contributed by atoms with van der Waals surface area (Å²) >= 11 is 0. The predicted octanol–water partition coefficient (Wildman–Crippen LogP) is 2.95. The first-order valence-electron chi connectivity index (χ1n) is 9.38. The second kappa shape index (κ2) is 9.56. The lowest BCUT2D eigenvalue weighted by Gasteiger charge is -2.36. The Kier molecular flexibility index (Phi) is 7.44. The molecule has 0 bridgehead atoms. The molecule has 1 aromatic carbocycles. The minimum absolute atomic E-state index is 0.0137. The van der Waals surface area contributed by atoms with Crippen LogP contribution in [0, 0.1) is 12.8 Å². The fourth-order valence-electron chi connectivity index (χ4n) is 3.17. The molecule has 0 aromatic heterocycles. The third-order valence-electron chi connectivity index (χ3n) is 4.89. The molecule has 1 aliphatic heterocycles. The minimum atomic E-state index is -0.0252. The molecule has 2 N–H and O–H groups in total. The smallest absolute Gasteiger partial charge is 0.238 e. The van der Waals surface area contributed by atoms with Gasteiger partial charge in [-0.25, -0.2) is 0 Å². The molecule has 0 saturated carbocycles. The highest BCUT2D eigenvalue weighted by atomic mass is 16.2. The molecule has 1 saturated heterocycles. The van der Waals surface area contributed by atoms with Crippen LogP contribution in [0.25, 0.3) is 0 Å². The normalized spacial score (nSPS) is 20.9. The average molecular weight is 345 g/mol. The van der Waals surface area contributed by atoms with Crippen molar-refractivity contribution in [2.75, 3.05) is 25.0 Å². The van der Waals surface area contributed by atoms with Crippen LogP contribution in [0.5, 0.6) is 0 Å². The van der Waals surface area contributed by atoms with Crippen molar-refractivity contribution in [3.8, 4) is 0 Å². The van der Waals surface area contributed by atoms with Crippen molar-refractivity contribution in [3.05, 3.63) is 29.8 Å². The van der Waals surface area contributed by atoms with Gasteiger partial charge in [-0.15, -0.1) is 0 Å². The number of benzene rings is 1. The van der Waals surface area contributed by atoms with E-state index in [4.69, 9.17) is 0 Å². The van der Waals surface area contributed by atoms with Gasteiger partial charge in [0.2, 0.25) is 11.8 Å². The molecule has 0 spiro atoms. The van der Waals surface area contributed by atoms with Crippen molar-refractivity contribution in [1.29, 1.82) is 0 Å². The van der Waals surface area contributed by atoms with E-state index in [-0.39, 0.29) is 17.7 Å². The number of nitrogens with zero attached hydrogens (tertiary/aromatic N) is 1. The molecule has 0 aliphatic carbocycles. The number of anilines is 1. The number of nitrogens with one attached hydrogen (secondary N) is 2. The molecule has 0 radical (unpaired) electrons. The van der Waals surface area contributed by atoms with Crippen LogP contribution >= 0.6 is 0 Å². The van der Waals surface area contributed by atoms with E-state index in [1.807, 2.05) is 31.2 Å². The molecule has 25 heavy (non-hydrogen) atoms. The highest BCUT2D eigenvalue weighted by Crippen LogP contribution is 2.22. The van der Waals surface area contributed by atoms with Gasteiger partial charge in [0.1, 0.15) is 0 Å². The first kappa shape index (κ1) is 19.4. The molecule has 1 heterocycles. The van der Waals surface area contributed by atoms with Crippen LogP contribution in [0.1, 0.15) is 45.1 Å². The lowest BCUT2D eigenvalue weighted by atomic mass is 9.92. The number of likely N-dealkylation sites (tertiary alicyclic amines) is 1. The summed E-state index contributed by atoms with van der Waals surface area (Å²) in [5.74, 6) is 0.0901. The molecule has 2 unspecified atom stereocenters. The van der Waals surface area contributed by atoms with Crippen molar-refractivity contribution in [2.45, 2.75) is 52.5 Å². The van der Waals surface area contributed by atoms with E-state index in [1.165, 1.54) is 5.56 Å². The average Bonchev–Trinajstić information content (AvgIpc) is 2.59. The highest BCUT2D eigenvalue weighted by Gasteiger charge is 2.30. The number of carbonyl (C=O) groups excluding carboxylic acids is 2. The zero-order valence-corrected chi connectivity index (χ0v) is 15.7. The van der Waals surface area contributed by atoms with E-state index < -0.39 is 0 Å². The van der Waals surface area contributed by atoms with E-state index in [9.17, 15) is 9.59 Å². The van der Waals surface area contributed by atoms with Gasteiger partial charge in [-0.2, -0.15) is 0 Å². The predicted molar refractivity (Wildman–Crippen MR) is 101 cm³/mol. The van der Waals surface area contributed by atoms with Gasteiger partial charge in [0.15, 0.2) is 0 Å². The maximum Gasteiger partial charge on any atom is 0.238 e. The van der Waals surface area contributed by atoms with Gasteiger partial charge in [0.05, 0.1) is 12.5 Å². The molecular formula is C20H31N3O2. The monoisotopic (exact) mass is 345 g/mol. The second-order valence-electron chi connectivity index (χ2n) is 7.11. The Balaban J connectivity index is 1.85. The van der Waals surface area contributed by atoms with Gasteiger partial charge < -0.3 is 10.6 Å². The quantitative estimate of drug-likeness (QED) is 0.747. The van der Waals surface area contributed by atoms with E-state index in [0.29, 0.717) is 19.1 Å². The van der Waals surface area contributed by atoms with E-state index >= 15 is 0 Å². The number of aryl methyl sites for hydroxylation is 1. The topological polar surface area (TPSA) is 61.4 Å². The summed E-state index contributed by atoms with van der Waals surface area (Å²) < 4.78 is 0. The molecular weight excluding hydrogens is 314 g/mol. The summed E-state index contributed by atoms with van der Waals surface area (Å²) in [7, 11) is 0. The number of rotatable bonds is 7. The summed E-state index contributed by atoms with van der Waals surface area (Å²) in [6.45, 7) is 7.99. The first-order chi connectivity index (χ1) is 12.0. The van der Waals surface area contributed by atoms with Crippen LogP contribution in [-0.2, 0) is 9.59 Å². The maximum atomic E-state index is 12.3. The lowest BCUT2D eigenvalue weighted by molar-refractivity contribution is -0.128. The third kappa shape index (κ3) is 6.16. The van der Waals surface area contributed by atoms with Crippen LogP contribution in [0.4, 0.5) is 5.69 Å². The number of unbranched alkanes of at least 4 members (excludes halogenated alkanes) is 1. The largest absolute Gasteiger partial charge is 0.356 e. The third-order valence-corrected chi connectivity index (χ3v) is 4.89. The highest BCUT2D eigenvalue weighted by molar-refractivity contribution is 5.92. The number of amides is 2. The molecule has 5 nitrogen and oxygen atoms in total. The lowest BCUT2D eigenvalue weighted by Crippen LogP contribution is -2.49. The molecule has 2 amide bonds. The zero-order valence-electron chi connectivity index (χ0n) is 15.7. The van der Waals surface area contributed by atoms with Crippen molar-refractivity contribution in [2.24, 2.45) is 5.92 Å². The SMILES string of the molecule is CCCCNC(=O)C1CCC(C)N(CC(=O)Nc2ccc(C)cc2)C1. The first-order valence-corrected chi connectivity index (χ1v) is 9.38. The van der Waals surface area contributed by atoms with Gasteiger partial charge >= 0.3 is 0 Å². The molecule has 1 fully saturated rings. The molecule has 1 aromatic rings. The summed E-state index contributed by atoms with van der Waals surface area (Å²) in [6.07, 6.45) is 3.93. The Morgan fingerprint density at radius 1 is 1.20 bits per heavy atom. The van der Waals surface area contributed by atoms with Gasteiger partial charge in [-0.3, -0.25) is 14.5 Å². The molecule has 138 valence electrons. The van der Waals surface area contributed by atoms with Gasteiger partial charge in [0.25, 0.3) is 0 Å². The van der Waals surface area contributed by atoms with E-state index in [2.05, 4.69) is 29.4 Å². The van der Waals surface area contributed by atoms with E-state index in [0.717, 1.165) is 37.9 Å². The second-order valence-corrected chi connectivity index (χ2v) is 7.11. The maximum absolute atomic E-state index is 12.3. The number of hydrogen-bond acceptors (Lipinski definition) is 3. The Bertz CT molecular complexity index is 571. The fourth-order valence-corrected chi connectivity index (χ4v) is 3.17. The van der Waals surface area contributed by atoms with E-state index in [1.54, 1.807) is 0 Å². The van der Waals surface area contributed by atoms with Crippen LogP contribution in [0.2, 0.25) is 0 Å². The minimum Gasteiger partial charge on any atom is -0.356 e. The summed E-state index contributed by atoms with van der Waals surface area (Å²) in [6, 6.07) is 8.11. The van der Waals surface area contributed by atoms with Crippen molar-refractivity contribution < 1.29 is 9.59 Å². The standard InChI is InChI=1S/C20H31N3O2/c1-4-5-12-21-20(25)17-9-8-16(3)23(13-17)14-19(24)22-18-10-6-15(2)7-11-18/h6-7,10-11,16-17H,4-5,8-9,12-14H2,1-3H3,(H,21,25)(H,22,24). The molecule has 5 heteroatoms. The summed E-state index contributed by atoms with van der Waals surface area (Å²) in [5, 5.41) is 5.96. The van der Waals surface area contributed by atoms with Crippen molar-refractivity contribution in [3.63, 3.8) is 0 Å². The van der Waals surface area contributed by atoms with Gasteiger partial charge in [-0.1, -0.05) is 31.0 Å². The van der Waals surface area contributed by atoms with Crippen LogP contribution in [0.3, 0.4) is 0 Å². The Hall–Kier alpha value is -1.88. The van der Waals surface area contributed by atoms with Crippen LogP contribution < -0.4 is 10.6 Å². The number of carbonyl (C=O) groups is 2. The van der Waals surface area contributed by atoms with Crippen molar-refractivity contribution in [1.82, 2.24) is 10.2 Å². The molecule has 2 atom stereocenters. The van der Waals surface area contributed by atoms with Gasteiger partial charge in [-0.05, 0) is 45.2 Å². The van der Waals surface area contributed by atoms with Crippen LogP contribution in [0.15, 0.2) is 24.3 Å². The Labute approximate surface area is 151 Å². The molecule has 2 rings (SSSR count). The Morgan fingerprint density at radius 3 is 2.60 bits per heavy atom. The summed E-state index contributed by atoms with van der Waals surface area (Å²) in [5.41, 5.74) is 1.98. The summed E-state index contributed by atoms with van der Waals surface area (Å²) in [4.78, 5) is 26.8. The van der Waals surface area contributed by atoms with Crippen molar-refractivity contribution >= 4 is 17.5 Å². The Morgan fingerprint density at radius 2 is 1.92 bits per heavy atom. The zero-order chi connectivity index (χ0) is 18.2. The van der Waals surface area contributed by atoms with Gasteiger partial charge in [0, 0.05) is 24.8 Å².